The van der Waals surface area contributed by atoms with Crippen molar-refractivity contribution in [2.24, 2.45) is 0 Å². The summed E-state index contributed by atoms with van der Waals surface area (Å²) in [7, 11) is 0. The zero-order valence-electron chi connectivity index (χ0n) is 10.4. The first-order chi connectivity index (χ1) is 7.89. The molecular weight excluding hydrogens is 236 g/mol. The molecule has 0 atom stereocenters. The summed E-state index contributed by atoms with van der Waals surface area (Å²) in [4.78, 5) is 15.8. The minimum Gasteiger partial charge on any atom is -0.398 e. The smallest absolute Gasteiger partial charge is 0.264 e. The van der Waals surface area contributed by atoms with Crippen molar-refractivity contribution in [3.05, 3.63) is 15.8 Å². The fourth-order valence-electron chi connectivity index (χ4n) is 1.95. The summed E-state index contributed by atoms with van der Waals surface area (Å²) in [6, 6.07) is 1.77. The van der Waals surface area contributed by atoms with Crippen LogP contribution >= 0.6 is 11.3 Å². The SMILES string of the molecule is Cc1sc(C(=O)N2CCOC(C)(C)C2)cc1N. The van der Waals surface area contributed by atoms with Gasteiger partial charge in [0.2, 0.25) is 0 Å². The molecule has 0 unspecified atom stereocenters. The minimum absolute atomic E-state index is 0.0613. The Morgan fingerprint density at radius 1 is 1.59 bits per heavy atom. The molecule has 2 N–H and O–H groups in total. The summed E-state index contributed by atoms with van der Waals surface area (Å²) in [6.45, 7) is 7.81. The molecule has 2 rings (SSSR count). The monoisotopic (exact) mass is 254 g/mol. The van der Waals surface area contributed by atoms with Crippen molar-refractivity contribution < 1.29 is 9.53 Å². The highest BCUT2D eigenvalue weighted by Gasteiger charge is 2.31. The lowest BCUT2D eigenvalue weighted by atomic mass is 10.1. The number of hydrogen-bond acceptors (Lipinski definition) is 4. The van der Waals surface area contributed by atoms with Crippen LogP contribution in [-0.4, -0.2) is 36.1 Å². The predicted octanol–water partition coefficient (Wildman–Crippen LogP) is 1.89. The van der Waals surface area contributed by atoms with E-state index in [1.807, 2.05) is 25.7 Å². The molecule has 0 aliphatic carbocycles. The van der Waals surface area contributed by atoms with Gasteiger partial charge in [-0.25, -0.2) is 0 Å². The average molecular weight is 254 g/mol. The van der Waals surface area contributed by atoms with Gasteiger partial charge in [-0.15, -0.1) is 11.3 Å². The van der Waals surface area contributed by atoms with E-state index in [1.54, 1.807) is 6.07 Å². The van der Waals surface area contributed by atoms with Crippen LogP contribution in [0.1, 0.15) is 28.4 Å². The van der Waals surface area contributed by atoms with Crippen LogP contribution in [0.4, 0.5) is 5.69 Å². The normalized spacial score (nSPS) is 19.4. The van der Waals surface area contributed by atoms with E-state index in [2.05, 4.69) is 0 Å². The first-order valence-corrected chi connectivity index (χ1v) is 6.50. The summed E-state index contributed by atoms with van der Waals surface area (Å²) in [5, 5.41) is 0. The number of rotatable bonds is 1. The number of anilines is 1. The summed E-state index contributed by atoms with van der Waals surface area (Å²) in [6.07, 6.45) is 0. The molecule has 1 aromatic rings. The number of ether oxygens (including phenoxy) is 1. The van der Waals surface area contributed by atoms with Crippen molar-refractivity contribution in [2.75, 3.05) is 25.4 Å². The van der Waals surface area contributed by atoms with Gasteiger partial charge in [0, 0.05) is 23.7 Å². The maximum absolute atomic E-state index is 12.3. The fraction of sp³-hybridized carbons (Fsp3) is 0.583. The lowest BCUT2D eigenvalue weighted by Gasteiger charge is -2.37. The van der Waals surface area contributed by atoms with Crippen LogP contribution in [0.25, 0.3) is 0 Å². The second kappa shape index (κ2) is 4.31. The van der Waals surface area contributed by atoms with Gasteiger partial charge < -0.3 is 15.4 Å². The van der Waals surface area contributed by atoms with E-state index in [0.29, 0.717) is 25.4 Å². The van der Waals surface area contributed by atoms with Gasteiger partial charge >= 0.3 is 0 Å². The Hall–Kier alpha value is -1.07. The Balaban J connectivity index is 2.15. The van der Waals surface area contributed by atoms with E-state index >= 15 is 0 Å². The third-order valence-corrected chi connectivity index (χ3v) is 3.93. The number of carbonyl (C=O) groups excluding carboxylic acids is 1. The molecule has 1 aliphatic heterocycles. The van der Waals surface area contributed by atoms with Gasteiger partial charge in [0.05, 0.1) is 17.1 Å². The standard InChI is InChI=1S/C12H18N2O2S/c1-8-9(13)6-10(17-8)11(15)14-4-5-16-12(2,3)7-14/h6H,4-5,7,13H2,1-3H3. The maximum Gasteiger partial charge on any atom is 0.264 e. The highest BCUT2D eigenvalue weighted by molar-refractivity contribution is 7.14. The highest BCUT2D eigenvalue weighted by Crippen LogP contribution is 2.26. The number of aryl methyl sites for hydroxylation is 1. The zero-order chi connectivity index (χ0) is 12.6. The first-order valence-electron chi connectivity index (χ1n) is 5.68. The number of nitrogens with zero attached hydrogens (tertiary/aromatic N) is 1. The lowest BCUT2D eigenvalue weighted by Crippen LogP contribution is -2.50. The third kappa shape index (κ3) is 2.61. The van der Waals surface area contributed by atoms with Crippen LogP contribution in [0.3, 0.4) is 0 Å². The summed E-state index contributed by atoms with van der Waals surface area (Å²) in [5.74, 6) is 0.0613. The minimum atomic E-state index is -0.258. The zero-order valence-corrected chi connectivity index (χ0v) is 11.3. The number of hydrogen-bond donors (Lipinski definition) is 1. The van der Waals surface area contributed by atoms with Crippen LogP contribution in [0.2, 0.25) is 0 Å². The second-order valence-electron chi connectivity index (χ2n) is 4.96. The fourth-order valence-corrected chi connectivity index (χ4v) is 2.86. The molecule has 94 valence electrons. The highest BCUT2D eigenvalue weighted by atomic mass is 32.1. The van der Waals surface area contributed by atoms with Crippen LogP contribution < -0.4 is 5.73 Å². The summed E-state index contributed by atoms with van der Waals surface area (Å²) >= 11 is 1.46. The summed E-state index contributed by atoms with van der Waals surface area (Å²) in [5.41, 5.74) is 6.22. The van der Waals surface area contributed by atoms with E-state index in [-0.39, 0.29) is 11.5 Å². The number of amides is 1. The van der Waals surface area contributed by atoms with Crippen LogP contribution in [0.15, 0.2) is 6.07 Å². The van der Waals surface area contributed by atoms with Gasteiger partial charge in [-0.2, -0.15) is 0 Å². The molecule has 1 aliphatic rings. The molecule has 1 amide bonds. The molecule has 17 heavy (non-hydrogen) atoms. The molecule has 5 heteroatoms. The van der Waals surface area contributed by atoms with E-state index < -0.39 is 0 Å². The van der Waals surface area contributed by atoms with Crippen molar-refractivity contribution in [1.82, 2.24) is 4.90 Å². The van der Waals surface area contributed by atoms with Crippen LogP contribution in [0.5, 0.6) is 0 Å². The maximum atomic E-state index is 12.3. The Bertz CT molecular complexity index is 420. The number of thiophene rings is 1. The molecule has 1 fully saturated rings. The topological polar surface area (TPSA) is 55.6 Å². The van der Waals surface area contributed by atoms with E-state index in [9.17, 15) is 4.79 Å². The van der Waals surface area contributed by atoms with E-state index in [4.69, 9.17) is 10.5 Å². The van der Waals surface area contributed by atoms with Gasteiger partial charge in [-0.1, -0.05) is 0 Å². The van der Waals surface area contributed by atoms with Crippen LogP contribution in [-0.2, 0) is 4.74 Å². The molecule has 1 aromatic heterocycles. The Kier molecular flexibility index (Phi) is 3.14. The molecule has 1 saturated heterocycles. The first kappa shape index (κ1) is 12.4. The molecule has 0 bridgehead atoms. The summed E-state index contributed by atoms with van der Waals surface area (Å²) < 4.78 is 5.60. The van der Waals surface area contributed by atoms with Gasteiger partial charge in [0.25, 0.3) is 5.91 Å². The van der Waals surface area contributed by atoms with Crippen molar-refractivity contribution in [3.8, 4) is 0 Å². The number of nitrogen functional groups attached to an aromatic ring is 1. The van der Waals surface area contributed by atoms with Crippen molar-refractivity contribution in [1.29, 1.82) is 0 Å². The van der Waals surface area contributed by atoms with Crippen molar-refractivity contribution in [3.63, 3.8) is 0 Å². The van der Waals surface area contributed by atoms with Crippen molar-refractivity contribution >= 4 is 22.9 Å². The Morgan fingerprint density at radius 3 is 2.82 bits per heavy atom. The van der Waals surface area contributed by atoms with Gasteiger partial charge in [0.15, 0.2) is 0 Å². The van der Waals surface area contributed by atoms with E-state index in [0.717, 1.165) is 9.75 Å². The van der Waals surface area contributed by atoms with Crippen molar-refractivity contribution in [2.45, 2.75) is 26.4 Å². The number of morpholine rings is 1. The molecule has 2 heterocycles. The Labute approximate surface area is 105 Å². The second-order valence-corrected chi connectivity index (χ2v) is 6.21. The molecule has 4 nitrogen and oxygen atoms in total. The molecule has 0 radical (unpaired) electrons. The van der Waals surface area contributed by atoms with E-state index in [1.165, 1.54) is 11.3 Å². The quantitative estimate of drug-likeness (QED) is 0.832. The largest absolute Gasteiger partial charge is 0.398 e. The molecule has 0 aromatic carbocycles. The molecule has 0 saturated carbocycles. The number of carbonyl (C=O) groups is 1. The van der Waals surface area contributed by atoms with Gasteiger partial charge in [-0.05, 0) is 26.8 Å². The lowest BCUT2D eigenvalue weighted by molar-refractivity contribution is -0.0763. The molecular formula is C12H18N2O2S. The predicted molar refractivity (Wildman–Crippen MR) is 69.4 cm³/mol. The van der Waals surface area contributed by atoms with Gasteiger partial charge in [0.1, 0.15) is 0 Å². The third-order valence-electron chi connectivity index (χ3n) is 2.88. The molecule has 0 spiro atoms. The average Bonchev–Trinajstić information content (AvgIpc) is 2.57. The Morgan fingerprint density at radius 2 is 2.29 bits per heavy atom. The van der Waals surface area contributed by atoms with Crippen LogP contribution in [0, 0.1) is 6.92 Å². The number of nitrogens with two attached hydrogens (primary N) is 1. The van der Waals surface area contributed by atoms with Gasteiger partial charge in [-0.3, -0.25) is 4.79 Å².